The molecule has 0 saturated carbocycles. The van der Waals surface area contributed by atoms with Gasteiger partial charge in [0.2, 0.25) is 0 Å². The number of hydrogen-bond acceptors (Lipinski definition) is 1. The minimum Gasteiger partial charge on any atom is -0.624 e. The summed E-state index contributed by atoms with van der Waals surface area (Å²) in [7, 11) is 0. The summed E-state index contributed by atoms with van der Waals surface area (Å²) < 4.78 is 0. The summed E-state index contributed by atoms with van der Waals surface area (Å²) in [5.41, 5.74) is 4.55. The lowest BCUT2D eigenvalue weighted by atomic mass is 10.0. The molecule has 0 bridgehead atoms. The first kappa shape index (κ1) is 7.74. The number of allylic oxidation sites excluding steroid dienone is 2. The Morgan fingerprint density at radius 2 is 1.79 bits per heavy atom. The van der Waals surface area contributed by atoms with Gasteiger partial charge in [-0.05, 0) is 23.3 Å². The van der Waals surface area contributed by atoms with Crippen molar-refractivity contribution in [3.05, 3.63) is 58.6 Å². The van der Waals surface area contributed by atoms with Crippen molar-refractivity contribution in [2.45, 2.75) is 0 Å². The van der Waals surface area contributed by atoms with Gasteiger partial charge < -0.3 is 10.3 Å². The average Bonchev–Trinajstić information content (AvgIpc) is 2.51. The molecule has 1 aromatic rings. The molecule has 2 heteroatoms. The van der Waals surface area contributed by atoms with Crippen molar-refractivity contribution in [1.82, 2.24) is 0 Å². The van der Waals surface area contributed by atoms with Gasteiger partial charge in [-0.25, -0.2) is 0 Å². The van der Waals surface area contributed by atoms with Crippen molar-refractivity contribution in [2.75, 3.05) is 0 Å². The molecule has 0 fully saturated rings. The molecule has 1 unspecified atom stereocenters. The third-order valence-electron chi connectivity index (χ3n) is 2.58. The Labute approximate surface area is 82.0 Å². The Hall–Kier alpha value is -1.64. The second-order valence-corrected chi connectivity index (χ2v) is 3.48. The standard InChI is InChI=1S/C12H9NO/c14-13-7-6-10-3-1-2-9-4-5-11(8-13)12(9)10/h1-8,13H. The zero-order valence-electron chi connectivity index (χ0n) is 7.53. The van der Waals surface area contributed by atoms with Gasteiger partial charge in [0, 0.05) is 11.1 Å². The number of rotatable bonds is 0. The Morgan fingerprint density at radius 3 is 2.64 bits per heavy atom. The van der Waals surface area contributed by atoms with Crippen LogP contribution in [0.5, 0.6) is 0 Å². The van der Waals surface area contributed by atoms with E-state index in [4.69, 9.17) is 0 Å². The molecule has 2 aliphatic rings. The second kappa shape index (κ2) is 2.67. The molecule has 1 aliphatic carbocycles. The van der Waals surface area contributed by atoms with Crippen molar-refractivity contribution in [1.29, 1.82) is 0 Å². The van der Waals surface area contributed by atoms with Crippen LogP contribution in [0.1, 0.15) is 16.7 Å². The van der Waals surface area contributed by atoms with Gasteiger partial charge in [-0.15, -0.1) is 0 Å². The van der Waals surface area contributed by atoms with Crippen molar-refractivity contribution in [3.8, 4) is 0 Å². The molecule has 1 N–H and O–H groups in total. The van der Waals surface area contributed by atoms with E-state index in [1.807, 2.05) is 24.3 Å². The van der Waals surface area contributed by atoms with E-state index in [0.717, 1.165) is 11.1 Å². The lowest BCUT2D eigenvalue weighted by Crippen LogP contribution is -2.96. The molecule has 14 heavy (non-hydrogen) atoms. The molecule has 1 aliphatic heterocycles. The molecule has 0 aromatic heterocycles. The van der Waals surface area contributed by atoms with E-state index in [9.17, 15) is 5.21 Å². The van der Waals surface area contributed by atoms with Crippen LogP contribution in [-0.4, -0.2) is 0 Å². The monoisotopic (exact) mass is 183 g/mol. The third kappa shape index (κ3) is 0.985. The smallest absolute Gasteiger partial charge is 0.107 e. The fourth-order valence-electron chi connectivity index (χ4n) is 1.96. The van der Waals surface area contributed by atoms with Crippen LogP contribution in [0.25, 0.3) is 17.7 Å². The molecule has 2 nitrogen and oxygen atoms in total. The van der Waals surface area contributed by atoms with E-state index in [-0.39, 0.29) is 5.06 Å². The predicted molar refractivity (Wildman–Crippen MR) is 56.8 cm³/mol. The molecule has 0 spiro atoms. The van der Waals surface area contributed by atoms with Gasteiger partial charge in [0.25, 0.3) is 0 Å². The number of benzene rings is 1. The summed E-state index contributed by atoms with van der Waals surface area (Å²) in [5.74, 6) is 0. The maximum Gasteiger partial charge on any atom is 0.107 e. The molecule has 1 heterocycles. The zero-order chi connectivity index (χ0) is 9.54. The lowest BCUT2D eigenvalue weighted by molar-refractivity contribution is -0.728. The summed E-state index contributed by atoms with van der Waals surface area (Å²) >= 11 is 0. The summed E-state index contributed by atoms with van der Waals surface area (Å²) in [6, 6.07) is 6.12. The van der Waals surface area contributed by atoms with Crippen LogP contribution >= 0.6 is 0 Å². The van der Waals surface area contributed by atoms with Gasteiger partial charge in [-0.3, -0.25) is 0 Å². The average molecular weight is 183 g/mol. The fraction of sp³-hybridized carbons (Fsp3) is 0. The summed E-state index contributed by atoms with van der Waals surface area (Å²) in [6.07, 6.45) is 9.25. The SMILES string of the molecule is [O-][NH+]1C=Cc2cccc3c2C(=C1)C=C3. The van der Waals surface area contributed by atoms with E-state index in [0.29, 0.717) is 0 Å². The second-order valence-electron chi connectivity index (χ2n) is 3.48. The van der Waals surface area contributed by atoms with Crippen molar-refractivity contribution in [2.24, 2.45) is 0 Å². The molecule has 0 amide bonds. The van der Waals surface area contributed by atoms with Gasteiger partial charge in [0.1, 0.15) is 6.20 Å². The topological polar surface area (TPSA) is 27.5 Å². The van der Waals surface area contributed by atoms with Crippen LogP contribution in [0.2, 0.25) is 0 Å². The number of quaternary nitrogens is 1. The maximum atomic E-state index is 11.3. The molecule has 68 valence electrons. The first-order valence-electron chi connectivity index (χ1n) is 4.60. The molecule has 0 saturated heterocycles. The van der Waals surface area contributed by atoms with E-state index in [1.54, 1.807) is 12.4 Å². The Kier molecular flexibility index (Phi) is 1.48. The quantitative estimate of drug-likeness (QED) is 0.605. The third-order valence-corrected chi connectivity index (χ3v) is 2.58. The van der Waals surface area contributed by atoms with Gasteiger partial charge >= 0.3 is 0 Å². The first-order chi connectivity index (χ1) is 6.84. The highest BCUT2D eigenvalue weighted by Gasteiger charge is 2.16. The van der Waals surface area contributed by atoms with Crippen molar-refractivity contribution in [3.63, 3.8) is 0 Å². The summed E-state index contributed by atoms with van der Waals surface area (Å²) in [4.78, 5) is 0. The van der Waals surface area contributed by atoms with E-state index in [1.165, 1.54) is 11.1 Å². The largest absolute Gasteiger partial charge is 0.624 e. The highest BCUT2D eigenvalue weighted by atomic mass is 16.5. The zero-order valence-corrected chi connectivity index (χ0v) is 7.53. The van der Waals surface area contributed by atoms with Crippen LogP contribution in [0.15, 0.2) is 36.7 Å². The summed E-state index contributed by atoms with van der Waals surface area (Å²) in [5, 5.41) is 11.4. The molecular formula is C12H9NO. The van der Waals surface area contributed by atoms with Crippen LogP contribution in [0.3, 0.4) is 0 Å². The van der Waals surface area contributed by atoms with Crippen LogP contribution in [0.4, 0.5) is 0 Å². The van der Waals surface area contributed by atoms with E-state index < -0.39 is 0 Å². The van der Waals surface area contributed by atoms with Crippen molar-refractivity contribution < 1.29 is 5.06 Å². The van der Waals surface area contributed by atoms with E-state index in [2.05, 4.69) is 12.1 Å². The number of nitrogens with one attached hydrogen (secondary N) is 1. The molecule has 1 aromatic carbocycles. The van der Waals surface area contributed by atoms with Crippen molar-refractivity contribution >= 4 is 17.7 Å². The Balaban J connectivity index is 2.34. The van der Waals surface area contributed by atoms with Gasteiger partial charge in [0.05, 0.1) is 6.20 Å². The normalized spacial score (nSPS) is 21.8. The highest BCUT2D eigenvalue weighted by Crippen LogP contribution is 2.32. The summed E-state index contributed by atoms with van der Waals surface area (Å²) in [6.45, 7) is 0. The molecular weight excluding hydrogens is 174 g/mol. The maximum absolute atomic E-state index is 11.3. The van der Waals surface area contributed by atoms with Crippen LogP contribution in [0, 0.1) is 5.21 Å². The first-order valence-corrected chi connectivity index (χ1v) is 4.60. The Morgan fingerprint density at radius 1 is 1.00 bits per heavy atom. The van der Waals surface area contributed by atoms with Crippen LogP contribution in [-0.2, 0) is 0 Å². The molecule has 1 atom stereocenters. The minimum absolute atomic E-state index is 0.0636. The van der Waals surface area contributed by atoms with E-state index >= 15 is 0 Å². The Bertz CT molecular complexity index is 483. The highest BCUT2D eigenvalue weighted by molar-refractivity contribution is 5.93. The van der Waals surface area contributed by atoms with Crippen LogP contribution < -0.4 is 5.06 Å². The minimum atomic E-state index is 0.0636. The number of hydroxylamine groups is 2. The fourth-order valence-corrected chi connectivity index (χ4v) is 1.96. The lowest BCUT2D eigenvalue weighted by Gasteiger charge is -2.09. The molecule has 3 rings (SSSR count). The van der Waals surface area contributed by atoms with Gasteiger partial charge in [-0.2, -0.15) is 0 Å². The molecule has 0 radical (unpaired) electrons. The van der Waals surface area contributed by atoms with Gasteiger partial charge in [0.15, 0.2) is 0 Å². The van der Waals surface area contributed by atoms with Gasteiger partial charge in [-0.1, -0.05) is 24.3 Å². The number of hydrogen-bond donors (Lipinski definition) is 1. The predicted octanol–water partition coefficient (Wildman–Crippen LogP) is 1.42.